The third-order valence-electron chi connectivity index (χ3n) is 3.03. The standard InChI is InChI=1S/C14H12ClN3S/c1-10-8-19-9-12(10)7-18-13(16-17-14(18)15)11-5-3-2-4-6-11/h2-6,8-9H,7H2,1H3. The van der Waals surface area contributed by atoms with Crippen LogP contribution in [0.3, 0.4) is 0 Å². The molecule has 5 heteroatoms. The van der Waals surface area contributed by atoms with Gasteiger partial charge in [0.2, 0.25) is 5.28 Å². The zero-order valence-electron chi connectivity index (χ0n) is 10.4. The van der Waals surface area contributed by atoms with Gasteiger partial charge >= 0.3 is 0 Å². The first-order valence-electron chi connectivity index (χ1n) is 5.91. The molecule has 2 heterocycles. The Kier molecular flexibility index (Phi) is 3.36. The first-order chi connectivity index (χ1) is 9.25. The second kappa shape index (κ2) is 5.15. The molecule has 0 saturated carbocycles. The maximum absolute atomic E-state index is 6.16. The van der Waals surface area contributed by atoms with E-state index in [0.717, 1.165) is 11.4 Å². The van der Waals surface area contributed by atoms with Crippen molar-refractivity contribution in [1.82, 2.24) is 14.8 Å². The molecule has 0 unspecified atom stereocenters. The third kappa shape index (κ3) is 2.41. The molecule has 3 nitrogen and oxygen atoms in total. The molecule has 0 bridgehead atoms. The molecule has 0 atom stereocenters. The quantitative estimate of drug-likeness (QED) is 0.729. The van der Waals surface area contributed by atoms with Crippen molar-refractivity contribution in [2.75, 3.05) is 0 Å². The van der Waals surface area contributed by atoms with Gasteiger partial charge in [0.05, 0.1) is 6.54 Å². The molecule has 1 aromatic carbocycles. The van der Waals surface area contributed by atoms with Crippen LogP contribution in [-0.4, -0.2) is 14.8 Å². The van der Waals surface area contributed by atoms with Crippen LogP contribution in [0, 0.1) is 6.92 Å². The largest absolute Gasteiger partial charge is 0.293 e. The average Bonchev–Trinajstić information content (AvgIpc) is 2.99. The predicted octanol–water partition coefficient (Wildman–Crippen LogP) is 4.02. The topological polar surface area (TPSA) is 30.7 Å². The summed E-state index contributed by atoms with van der Waals surface area (Å²) in [6.07, 6.45) is 0. The fraction of sp³-hybridized carbons (Fsp3) is 0.143. The van der Waals surface area contributed by atoms with Crippen LogP contribution >= 0.6 is 22.9 Å². The average molecular weight is 290 g/mol. The van der Waals surface area contributed by atoms with E-state index < -0.39 is 0 Å². The number of aromatic nitrogens is 3. The number of thiophene rings is 1. The number of hydrogen-bond acceptors (Lipinski definition) is 3. The molecule has 3 aromatic rings. The van der Waals surface area contributed by atoms with Crippen LogP contribution in [-0.2, 0) is 6.54 Å². The van der Waals surface area contributed by atoms with Gasteiger partial charge in [0.15, 0.2) is 5.82 Å². The van der Waals surface area contributed by atoms with Gasteiger partial charge in [-0.1, -0.05) is 30.3 Å². The van der Waals surface area contributed by atoms with Crippen LogP contribution < -0.4 is 0 Å². The normalized spacial score (nSPS) is 10.8. The molecule has 0 aliphatic carbocycles. The van der Waals surface area contributed by atoms with Crippen molar-refractivity contribution in [1.29, 1.82) is 0 Å². The Labute approximate surface area is 120 Å². The summed E-state index contributed by atoms with van der Waals surface area (Å²) in [6.45, 7) is 2.80. The molecule has 0 radical (unpaired) electrons. The summed E-state index contributed by atoms with van der Waals surface area (Å²) >= 11 is 7.86. The molecule has 0 amide bonds. The van der Waals surface area contributed by atoms with E-state index in [4.69, 9.17) is 11.6 Å². The van der Waals surface area contributed by atoms with Crippen LogP contribution in [0.2, 0.25) is 5.28 Å². The van der Waals surface area contributed by atoms with Gasteiger partial charge in [-0.25, -0.2) is 0 Å². The van der Waals surface area contributed by atoms with E-state index in [2.05, 4.69) is 27.9 Å². The van der Waals surface area contributed by atoms with E-state index in [1.165, 1.54) is 11.1 Å². The molecular formula is C14H12ClN3S. The van der Waals surface area contributed by atoms with Crippen molar-refractivity contribution in [3.63, 3.8) is 0 Å². The van der Waals surface area contributed by atoms with E-state index in [0.29, 0.717) is 11.8 Å². The van der Waals surface area contributed by atoms with Gasteiger partial charge < -0.3 is 0 Å². The predicted molar refractivity (Wildman–Crippen MR) is 78.6 cm³/mol. The van der Waals surface area contributed by atoms with E-state index in [1.54, 1.807) is 11.3 Å². The van der Waals surface area contributed by atoms with Crippen molar-refractivity contribution in [2.45, 2.75) is 13.5 Å². The summed E-state index contributed by atoms with van der Waals surface area (Å²) in [5.74, 6) is 0.802. The minimum absolute atomic E-state index is 0.421. The van der Waals surface area contributed by atoms with Crippen molar-refractivity contribution in [3.05, 3.63) is 57.5 Å². The Morgan fingerprint density at radius 1 is 1.16 bits per heavy atom. The monoisotopic (exact) mass is 289 g/mol. The number of halogens is 1. The Hall–Kier alpha value is -1.65. The number of hydrogen-bond donors (Lipinski definition) is 0. The summed E-state index contributed by atoms with van der Waals surface area (Å²) < 4.78 is 1.94. The Balaban J connectivity index is 2.02. The lowest BCUT2D eigenvalue weighted by atomic mass is 10.2. The minimum Gasteiger partial charge on any atom is -0.293 e. The second-order valence-electron chi connectivity index (χ2n) is 4.32. The van der Waals surface area contributed by atoms with Crippen LogP contribution in [0.15, 0.2) is 41.1 Å². The van der Waals surface area contributed by atoms with Crippen LogP contribution in [0.1, 0.15) is 11.1 Å². The summed E-state index contributed by atoms with van der Waals surface area (Å²) in [5, 5.41) is 12.9. The van der Waals surface area contributed by atoms with Gasteiger partial charge in [-0.15, -0.1) is 10.2 Å². The van der Waals surface area contributed by atoms with Gasteiger partial charge in [-0.3, -0.25) is 4.57 Å². The highest BCUT2D eigenvalue weighted by atomic mass is 35.5. The van der Waals surface area contributed by atoms with Crippen molar-refractivity contribution < 1.29 is 0 Å². The smallest absolute Gasteiger partial charge is 0.225 e. The Morgan fingerprint density at radius 2 is 1.95 bits per heavy atom. The van der Waals surface area contributed by atoms with Crippen molar-refractivity contribution in [2.24, 2.45) is 0 Å². The number of aryl methyl sites for hydroxylation is 1. The summed E-state index contributed by atoms with van der Waals surface area (Å²) in [4.78, 5) is 0. The van der Waals surface area contributed by atoms with E-state index >= 15 is 0 Å². The van der Waals surface area contributed by atoms with E-state index in [-0.39, 0.29) is 0 Å². The Bertz CT molecular complexity index is 688. The highest BCUT2D eigenvalue weighted by molar-refractivity contribution is 7.08. The second-order valence-corrected chi connectivity index (χ2v) is 5.41. The first kappa shape index (κ1) is 12.4. The fourth-order valence-corrected chi connectivity index (χ4v) is 2.97. The molecule has 0 aliphatic rings. The molecule has 0 fully saturated rings. The molecule has 0 saturated heterocycles. The molecule has 96 valence electrons. The van der Waals surface area contributed by atoms with E-state index in [9.17, 15) is 0 Å². The molecule has 2 aromatic heterocycles. The molecule has 0 N–H and O–H groups in total. The summed E-state index contributed by atoms with van der Waals surface area (Å²) in [5.41, 5.74) is 3.55. The van der Waals surface area contributed by atoms with Gasteiger partial charge in [0, 0.05) is 5.56 Å². The maximum Gasteiger partial charge on any atom is 0.225 e. The number of nitrogens with zero attached hydrogens (tertiary/aromatic N) is 3. The molecule has 0 spiro atoms. The van der Waals surface area contributed by atoms with Crippen LogP contribution in [0.5, 0.6) is 0 Å². The van der Waals surface area contributed by atoms with Gasteiger partial charge in [-0.05, 0) is 40.4 Å². The lowest BCUT2D eigenvalue weighted by molar-refractivity contribution is 0.802. The van der Waals surface area contributed by atoms with Crippen LogP contribution in [0.4, 0.5) is 0 Å². The Morgan fingerprint density at radius 3 is 2.63 bits per heavy atom. The van der Waals surface area contributed by atoms with Crippen LogP contribution in [0.25, 0.3) is 11.4 Å². The van der Waals surface area contributed by atoms with Crippen molar-refractivity contribution >= 4 is 22.9 Å². The lowest BCUT2D eigenvalue weighted by Gasteiger charge is -2.07. The molecular weight excluding hydrogens is 278 g/mol. The maximum atomic E-state index is 6.16. The highest BCUT2D eigenvalue weighted by Gasteiger charge is 2.13. The zero-order valence-corrected chi connectivity index (χ0v) is 11.9. The van der Waals surface area contributed by atoms with E-state index in [1.807, 2.05) is 34.9 Å². The van der Waals surface area contributed by atoms with Gasteiger partial charge in [-0.2, -0.15) is 11.3 Å². The number of benzene rings is 1. The third-order valence-corrected chi connectivity index (χ3v) is 4.22. The van der Waals surface area contributed by atoms with Crippen molar-refractivity contribution in [3.8, 4) is 11.4 Å². The van der Waals surface area contributed by atoms with Gasteiger partial charge in [0.1, 0.15) is 0 Å². The number of rotatable bonds is 3. The molecule has 19 heavy (non-hydrogen) atoms. The summed E-state index contributed by atoms with van der Waals surface area (Å²) in [7, 11) is 0. The summed E-state index contributed by atoms with van der Waals surface area (Å²) in [6, 6.07) is 9.97. The SMILES string of the molecule is Cc1cscc1Cn1c(Cl)nnc1-c1ccccc1. The fourth-order valence-electron chi connectivity index (χ4n) is 1.94. The first-order valence-corrected chi connectivity index (χ1v) is 7.23. The highest BCUT2D eigenvalue weighted by Crippen LogP contribution is 2.23. The lowest BCUT2D eigenvalue weighted by Crippen LogP contribution is -2.02. The molecule has 3 rings (SSSR count). The zero-order chi connectivity index (χ0) is 13.2. The minimum atomic E-state index is 0.421. The van der Waals surface area contributed by atoms with Gasteiger partial charge in [0.25, 0.3) is 0 Å². The molecule has 0 aliphatic heterocycles.